The van der Waals surface area contributed by atoms with Crippen LogP contribution in [0, 0.1) is 0 Å². The first-order valence-electron chi connectivity index (χ1n) is 11.4. The van der Waals surface area contributed by atoms with Crippen molar-refractivity contribution in [1.82, 2.24) is 4.90 Å². The summed E-state index contributed by atoms with van der Waals surface area (Å²) >= 11 is 1.58. The molecule has 3 aromatic carbocycles. The summed E-state index contributed by atoms with van der Waals surface area (Å²) in [4.78, 5) is 32.8. The molecule has 3 aromatic rings. The predicted octanol–water partition coefficient (Wildman–Crippen LogP) is 4.30. The summed E-state index contributed by atoms with van der Waals surface area (Å²) in [6, 6.07) is 23.6. The zero-order valence-electron chi connectivity index (χ0n) is 19.1. The molecule has 0 N–H and O–H groups in total. The lowest BCUT2D eigenvalue weighted by Crippen LogP contribution is -2.48. The van der Waals surface area contributed by atoms with Crippen molar-refractivity contribution in [3.63, 3.8) is 0 Å². The summed E-state index contributed by atoms with van der Waals surface area (Å²) < 4.78 is 5.49. The van der Waals surface area contributed by atoms with E-state index in [4.69, 9.17) is 4.74 Å². The Kier molecular flexibility index (Phi) is 6.45. The highest BCUT2D eigenvalue weighted by Crippen LogP contribution is 2.35. The molecule has 0 spiro atoms. The third kappa shape index (κ3) is 4.48. The van der Waals surface area contributed by atoms with Crippen LogP contribution in [0.3, 0.4) is 0 Å². The average molecular weight is 474 g/mol. The molecule has 6 nitrogen and oxygen atoms in total. The van der Waals surface area contributed by atoms with Crippen molar-refractivity contribution in [2.75, 3.05) is 48.8 Å². The third-order valence-electron chi connectivity index (χ3n) is 6.34. The minimum Gasteiger partial charge on any atom is -0.495 e. The number of piperazine rings is 1. The molecule has 0 aromatic heterocycles. The molecular weight excluding hydrogens is 446 g/mol. The fraction of sp³-hybridized carbons (Fsp3) is 0.259. The molecule has 0 aliphatic carbocycles. The fourth-order valence-corrected chi connectivity index (χ4v) is 5.42. The maximum atomic E-state index is 13.1. The number of methoxy groups -OCH3 is 1. The van der Waals surface area contributed by atoms with Gasteiger partial charge >= 0.3 is 0 Å². The normalized spacial score (nSPS) is 15.8. The monoisotopic (exact) mass is 473 g/mol. The molecule has 7 heteroatoms. The number of hydrogen-bond donors (Lipinski definition) is 0. The molecule has 2 amide bonds. The number of rotatable bonds is 5. The molecule has 5 rings (SSSR count). The molecule has 2 heterocycles. The zero-order valence-corrected chi connectivity index (χ0v) is 20.0. The van der Waals surface area contributed by atoms with Crippen LogP contribution >= 0.6 is 11.8 Å². The Morgan fingerprint density at radius 3 is 2.29 bits per heavy atom. The van der Waals surface area contributed by atoms with Gasteiger partial charge in [0.05, 0.1) is 30.8 Å². The lowest BCUT2D eigenvalue weighted by Gasteiger charge is -2.36. The van der Waals surface area contributed by atoms with Gasteiger partial charge in [-0.05, 0) is 42.0 Å². The van der Waals surface area contributed by atoms with Gasteiger partial charge in [-0.2, -0.15) is 0 Å². The molecule has 0 bridgehead atoms. The van der Waals surface area contributed by atoms with Gasteiger partial charge in [0.1, 0.15) is 5.75 Å². The first-order chi connectivity index (χ1) is 16.6. The van der Waals surface area contributed by atoms with Crippen molar-refractivity contribution in [3.8, 4) is 5.75 Å². The van der Waals surface area contributed by atoms with Crippen molar-refractivity contribution in [1.29, 1.82) is 0 Å². The fourth-order valence-electron chi connectivity index (χ4n) is 4.49. The second-order valence-electron chi connectivity index (χ2n) is 8.38. The van der Waals surface area contributed by atoms with Crippen LogP contribution in [-0.4, -0.2) is 55.8 Å². The van der Waals surface area contributed by atoms with E-state index in [1.54, 1.807) is 18.9 Å². The lowest BCUT2D eigenvalue weighted by atomic mass is 10.1. The van der Waals surface area contributed by atoms with Gasteiger partial charge in [-0.15, -0.1) is 11.8 Å². The largest absolute Gasteiger partial charge is 0.495 e. The van der Waals surface area contributed by atoms with E-state index >= 15 is 0 Å². The summed E-state index contributed by atoms with van der Waals surface area (Å²) in [6.07, 6.45) is 0. The summed E-state index contributed by atoms with van der Waals surface area (Å²) in [5.41, 5.74) is 3.70. The number of carbonyl (C=O) groups is 2. The Hall–Kier alpha value is -3.45. The van der Waals surface area contributed by atoms with Crippen LogP contribution in [0.5, 0.6) is 5.75 Å². The lowest BCUT2D eigenvalue weighted by molar-refractivity contribution is -0.116. The molecule has 2 aliphatic rings. The molecular formula is C27H27N3O3S. The van der Waals surface area contributed by atoms with E-state index in [1.807, 2.05) is 70.5 Å². The second-order valence-corrected chi connectivity index (χ2v) is 9.40. The maximum absolute atomic E-state index is 13.1. The van der Waals surface area contributed by atoms with Gasteiger partial charge in [0.15, 0.2) is 0 Å². The van der Waals surface area contributed by atoms with Crippen LogP contribution in [0.15, 0.2) is 77.7 Å². The minimum atomic E-state index is 0.0435. The van der Waals surface area contributed by atoms with E-state index in [2.05, 4.69) is 17.0 Å². The maximum Gasteiger partial charge on any atom is 0.253 e. The van der Waals surface area contributed by atoms with Crippen LogP contribution in [-0.2, 0) is 11.3 Å². The first kappa shape index (κ1) is 22.3. The number of benzene rings is 3. The number of ether oxygens (including phenoxy) is 1. The molecule has 0 radical (unpaired) electrons. The highest BCUT2D eigenvalue weighted by Gasteiger charge is 2.26. The number of nitrogens with zero attached hydrogens (tertiary/aromatic N) is 3. The highest BCUT2D eigenvalue weighted by molar-refractivity contribution is 8.00. The van der Waals surface area contributed by atoms with Crippen molar-refractivity contribution >= 4 is 35.0 Å². The van der Waals surface area contributed by atoms with Crippen LogP contribution in [0.4, 0.5) is 11.4 Å². The summed E-state index contributed by atoms with van der Waals surface area (Å²) in [5.74, 6) is 1.46. The van der Waals surface area contributed by atoms with Crippen LogP contribution in [0.1, 0.15) is 15.9 Å². The van der Waals surface area contributed by atoms with Gasteiger partial charge in [-0.3, -0.25) is 9.59 Å². The predicted molar refractivity (Wildman–Crippen MR) is 136 cm³/mol. The molecule has 0 unspecified atom stereocenters. The van der Waals surface area contributed by atoms with E-state index in [1.165, 1.54) is 0 Å². The Bertz CT molecular complexity index is 1190. The Morgan fingerprint density at radius 2 is 1.56 bits per heavy atom. The van der Waals surface area contributed by atoms with Crippen molar-refractivity contribution < 1.29 is 14.3 Å². The van der Waals surface area contributed by atoms with Gasteiger partial charge in [-0.1, -0.05) is 36.4 Å². The van der Waals surface area contributed by atoms with E-state index in [0.717, 1.165) is 40.7 Å². The number of fused-ring (bicyclic) bond motifs is 1. The van der Waals surface area contributed by atoms with E-state index < -0.39 is 0 Å². The topological polar surface area (TPSA) is 53.1 Å². The number of hydrogen-bond acceptors (Lipinski definition) is 5. The van der Waals surface area contributed by atoms with Crippen LogP contribution in [0.25, 0.3) is 0 Å². The molecule has 0 saturated carbocycles. The molecule has 174 valence electrons. The average Bonchev–Trinajstić information content (AvgIpc) is 2.90. The Balaban J connectivity index is 1.22. The van der Waals surface area contributed by atoms with Crippen molar-refractivity contribution in [2.45, 2.75) is 11.4 Å². The first-order valence-corrected chi connectivity index (χ1v) is 12.4. The minimum absolute atomic E-state index is 0.0435. The van der Waals surface area contributed by atoms with Crippen LogP contribution < -0.4 is 14.5 Å². The SMILES string of the molecule is COc1ccccc1N1CCN(C(=O)c2ccc(CN3C(=O)CSc4ccccc43)cc2)CC1. The Morgan fingerprint density at radius 1 is 0.882 bits per heavy atom. The second kappa shape index (κ2) is 9.81. The number of para-hydroxylation sites is 3. The Labute approximate surface area is 204 Å². The third-order valence-corrected chi connectivity index (χ3v) is 7.39. The van der Waals surface area contributed by atoms with Gasteiger partial charge in [0, 0.05) is 36.6 Å². The molecule has 34 heavy (non-hydrogen) atoms. The zero-order chi connectivity index (χ0) is 23.5. The van der Waals surface area contributed by atoms with Gasteiger partial charge < -0.3 is 19.4 Å². The standard InChI is InChI=1S/C27H27N3O3S/c1-33-24-8-4-2-6-22(24)28-14-16-29(17-15-28)27(32)21-12-10-20(11-13-21)18-30-23-7-3-5-9-25(23)34-19-26(30)31/h2-13H,14-19H2,1H3. The number of carbonyl (C=O) groups excluding carboxylic acids is 2. The van der Waals surface area contributed by atoms with Gasteiger partial charge in [0.2, 0.25) is 5.91 Å². The smallest absolute Gasteiger partial charge is 0.253 e. The number of anilines is 2. The molecule has 1 fully saturated rings. The van der Waals surface area contributed by atoms with Gasteiger partial charge in [0.25, 0.3) is 5.91 Å². The van der Waals surface area contributed by atoms with Crippen molar-refractivity contribution in [3.05, 3.63) is 83.9 Å². The summed E-state index contributed by atoms with van der Waals surface area (Å²) in [6.45, 7) is 3.35. The van der Waals surface area contributed by atoms with Gasteiger partial charge in [-0.25, -0.2) is 0 Å². The molecule has 0 atom stereocenters. The van der Waals surface area contributed by atoms with E-state index in [0.29, 0.717) is 31.0 Å². The van der Waals surface area contributed by atoms with E-state index in [-0.39, 0.29) is 11.8 Å². The molecule has 1 saturated heterocycles. The van der Waals surface area contributed by atoms with Crippen LogP contribution in [0.2, 0.25) is 0 Å². The van der Waals surface area contributed by atoms with Crippen molar-refractivity contribution in [2.24, 2.45) is 0 Å². The number of thioether (sulfide) groups is 1. The highest BCUT2D eigenvalue weighted by atomic mass is 32.2. The van der Waals surface area contributed by atoms with E-state index in [9.17, 15) is 9.59 Å². The molecule has 2 aliphatic heterocycles. The summed E-state index contributed by atoms with van der Waals surface area (Å²) in [7, 11) is 1.68. The quantitative estimate of drug-likeness (QED) is 0.553. The number of amides is 2. The summed E-state index contributed by atoms with van der Waals surface area (Å²) in [5, 5.41) is 0.